The van der Waals surface area contributed by atoms with Gasteiger partial charge in [0.2, 0.25) is 0 Å². The number of nitrogens with one attached hydrogen (secondary N) is 1. The number of hydrogen-bond donors (Lipinski definition) is 1. The van der Waals surface area contributed by atoms with Crippen molar-refractivity contribution in [2.45, 2.75) is 19.4 Å². The molecule has 1 N–H and O–H groups in total. The highest BCUT2D eigenvalue weighted by Crippen LogP contribution is 2.23. The van der Waals surface area contributed by atoms with Gasteiger partial charge in [-0.15, -0.1) is 0 Å². The Morgan fingerprint density at radius 1 is 1.22 bits per heavy atom. The molecule has 7 heteroatoms. The van der Waals surface area contributed by atoms with Crippen LogP contribution >= 0.6 is 0 Å². The first-order valence-corrected chi connectivity index (χ1v) is 8.98. The lowest BCUT2D eigenvalue weighted by atomic mass is 10.1. The Balaban J connectivity index is 1.62. The molecule has 0 radical (unpaired) electrons. The van der Waals surface area contributed by atoms with E-state index in [-0.39, 0.29) is 11.6 Å². The first-order valence-electron chi connectivity index (χ1n) is 8.98. The maximum atomic E-state index is 14.4. The zero-order valence-electron chi connectivity index (χ0n) is 14.8. The van der Waals surface area contributed by atoms with Crippen molar-refractivity contribution in [3.05, 3.63) is 64.7 Å². The van der Waals surface area contributed by atoms with Gasteiger partial charge in [0.1, 0.15) is 0 Å². The fraction of sp³-hybridized carbons (Fsp3) is 0.250. The van der Waals surface area contributed by atoms with Crippen LogP contribution in [0.5, 0.6) is 0 Å². The van der Waals surface area contributed by atoms with Crippen LogP contribution in [0, 0.1) is 12.7 Å². The molecule has 0 saturated carbocycles. The van der Waals surface area contributed by atoms with Gasteiger partial charge in [0.25, 0.3) is 5.56 Å². The summed E-state index contributed by atoms with van der Waals surface area (Å²) in [6.07, 6.45) is 6.33. The Kier molecular flexibility index (Phi) is 3.58. The quantitative estimate of drug-likeness (QED) is 0.595. The molecule has 1 aliphatic heterocycles. The summed E-state index contributed by atoms with van der Waals surface area (Å²) in [5.41, 5.74) is 2.89. The molecule has 0 amide bonds. The largest absolute Gasteiger partial charge is 0.315 e. The summed E-state index contributed by atoms with van der Waals surface area (Å²) in [7, 11) is 0. The first kappa shape index (κ1) is 16.1. The summed E-state index contributed by atoms with van der Waals surface area (Å²) in [4.78, 5) is 21.6. The Morgan fingerprint density at radius 2 is 2.11 bits per heavy atom. The van der Waals surface area contributed by atoms with Gasteiger partial charge in [-0.2, -0.15) is 0 Å². The van der Waals surface area contributed by atoms with E-state index in [4.69, 9.17) is 0 Å². The van der Waals surface area contributed by atoms with Crippen molar-refractivity contribution < 1.29 is 4.39 Å². The molecular formula is C20H18FN5O. The minimum atomic E-state index is -0.397. The SMILES string of the molecule is Cc1cn2cc(-c3ccc4c(=O)n(C5CCNC5)ccc4n3)cc(F)c2n1. The van der Waals surface area contributed by atoms with Crippen LogP contribution in [0.3, 0.4) is 0 Å². The molecule has 0 spiro atoms. The molecule has 6 nitrogen and oxygen atoms in total. The zero-order chi connectivity index (χ0) is 18.5. The highest BCUT2D eigenvalue weighted by atomic mass is 19.1. The van der Waals surface area contributed by atoms with E-state index < -0.39 is 5.82 Å². The van der Waals surface area contributed by atoms with E-state index >= 15 is 0 Å². The first-order chi connectivity index (χ1) is 13.1. The molecule has 1 aliphatic rings. The third-order valence-corrected chi connectivity index (χ3v) is 5.13. The van der Waals surface area contributed by atoms with Crippen LogP contribution in [-0.2, 0) is 0 Å². The topological polar surface area (TPSA) is 64.2 Å². The molecule has 5 heterocycles. The number of aromatic nitrogens is 4. The number of fused-ring (bicyclic) bond motifs is 2. The molecule has 5 rings (SSSR count). The van der Waals surface area contributed by atoms with Crippen LogP contribution in [0.4, 0.5) is 4.39 Å². The van der Waals surface area contributed by atoms with Crippen LogP contribution in [0.2, 0.25) is 0 Å². The lowest BCUT2D eigenvalue weighted by Crippen LogP contribution is -2.25. The molecule has 27 heavy (non-hydrogen) atoms. The lowest BCUT2D eigenvalue weighted by molar-refractivity contribution is 0.532. The number of aryl methyl sites for hydroxylation is 1. The standard InChI is InChI=1S/C20H18FN5O/c1-12-10-25-11-13(8-16(21)19(25)23-12)17-3-2-15-18(24-17)5-7-26(20(15)27)14-4-6-22-9-14/h2-3,5,7-8,10-11,14,22H,4,6,9H2,1H3. The fourth-order valence-electron chi connectivity index (χ4n) is 3.79. The smallest absolute Gasteiger partial charge is 0.260 e. The van der Waals surface area contributed by atoms with Crippen LogP contribution in [0.15, 0.2) is 47.7 Å². The number of halogens is 1. The lowest BCUT2D eigenvalue weighted by Gasteiger charge is -2.13. The highest BCUT2D eigenvalue weighted by Gasteiger charge is 2.18. The molecule has 136 valence electrons. The van der Waals surface area contributed by atoms with Crippen molar-refractivity contribution in [2.24, 2.45) is 0 Å². The van der Waals surface area contributed by atoms with Gasteiger partial charge in [0.15, 0.2) is 11.5 Å². The number of rotatable bonds is 2. The predicted octanol–water partition coefficient (Wildman–Crippen LogP) is 2.69. The molecule has 1 saturated heterocycles. The fourth-order valence-corrected chi connectivity index (χ4v) is 3.79. The maximum Gasteiger partial charge on any atom is 0.260 e. The van der Waals surface area contributed by atoms with E-state index in [9.17, 15) is 9.18 Å². The van der Waals surface area contributed by atoms with Gasteiger partial charge in [-0.05, 0) is 44.2 Å². The summed E-state index contributed by atoms with van der Waals surface area (Å²) in [6.45, 7) is 3.56. The summed E-state index contributed by atoms with van der Waals surface area (Å²) in [5, 5.41) is 3.86. The van der Waals surface area contributed by atoms with Crippen molar-refractivity contribution in [1.29, 1.82) is 0 Å². The minimum Gasteiger partial charge on any atom is -0.315 e. The second-order valence-corrected chi connectivity index (χ2v) is 6.99. The predicted molar refractivity (Wildman–Crippen MR) is 101 cm³/mol. The highest BCUT2D eigenvalue weighted by molar-refractivity contribution is 5.80. The number of nitrogens with zero attached hydrogens (tertiary/aromatic N) is 4. The second kappa shape index (κ2) is 5.99. The minimum absolute atomic E-state index is 0.0351. The average molecular weight is 363 g/mol. The normalized spacial score (nSPS) is 17.2. The second-order valence-electron chi connectivity index (χ2n) is 6.99. The van der Waals surface area contributed by atoms with Crippen LogP contribution in [0.25, 0.3) is 27.8 Å². The van der Waals surface area contributed by atoms with Gasteiger partial charge in [0.05, 0.1) is 28.3 Å². The van der Waals surface area contributed by atoms with Crippen molar-refractivity contribution >= 4 is 16.6 Å². The van der Waals surface area contributed by atoms with E-state index in [0.717, 1.165) is 25.2 Å². The Bertz CT molecular complexity index is 1240. The molecule has 0 aromatic carbocycles. The summed E-state index contributed by atoms with van der Waals surface area (Å²) < 4.78 is 17.8. The third-order valence-electron chi connectivity index (χ3n) is 5.13. The maximum absolute atomic E-state index is 14.4. The summed E-state index contributed by atoms with van der Waals surface area (Å²) in [6, 6.07) is 7.02. The molecule has 4 aromatic rings. The zero-order valence-corrected chi connectivity index (χ0v) is 14.8. The molecule has 1 fully saturated rings. The molecule has 4 aromatic heterocycles. The van der Waals surface area contributed by atoms with Gasteiger partial charge in [-0.25, -0.2) is 14.4 Å². The van der Waals surface area contributed by atoms with Gasteiger partial charge in [-0.3, -0.25) is 4.79 Å². The van der Waals surface area contributed by atoms with Crippen molar-refractivity contribution in [3.8, 4) is 11.3 Å². The van der Waals surface area contributed by atoms with E-state index in [1.807, 2.05) is 19.2 Å². The molecule has 1 unspecified atom stereocenters. The summed E-state index contributed by atoms with van der Waals surface area (Å²) in [5.74, 6) is -0.397. The third kappa shape index (κ3) is 2.62. The van der Waals surface area contributed by atoms with E-state index in [1.54, 1.807) is 33.5 Å². The average Bonchev–Trinajstić information content (AvgIpc) is 3.31. The van der Waals surface area contributed by atoms with Gasteiger partial charge in [0, 0.05) is 30.7 Å². The Hall–Kier alpha value is -3.06. The number of pyridine rings is 3. The monoisotopic (exact) mass is 363 g/mol. The van der Waals surface area contributed by atoms with E-state index in [2.05, 4.69) is 15.3 Å². The molecular weight excluding hydrogens is 345 g/mol. The molecule has 0 bridgehead atoms. The summed E-state index contributed by atoms with van der Waals surface area (Å²) >= 11 is 0. The number of imidazole rings is 1. The van der Waals surface area contributed by atoms with Gasteiger partial charge >= 0.3 is 0 Å². The Labute approximate surface area is 154 Å². The van der Waals surface area contributed by atoms with Crippen molar-refractivity contribution in [1.82, 2.24) is 24.3 Å². The van der Waals surface area contributed by atoms with Crippen LogP contribution < -0.4 is 10.9 Å². The van der Waals surface area contributed by atoms with Crippen LogP contribution in [-0.4, -0.2) is 32.0 Å². The van der Waals surface area contributed by atoms with Crippen LogP contribution in [0.1, 0.15) is 18.2 Å². The van der Waals surface area contributed by atoms with E-state index in [1.165, 1.54) is 6.07 Å². The van der Waals surface area contributed by atoms with Gasteiger partial charge < -0.3 is 14.3 Å². The molecule has 0 aliphatic carbocycles. The van der Waals surface area contributed by atoms with E-state index in [0.29, 0.717) is 27.8 Å². The Morgan fingerprint density at radius 3 is 2.93 bits per heavy atom. The van der Waals surface area contributed by atoms with Gasteiger partial charge in [-0.1, -0.05) is 0 Å². The molecule has 1 atom stereocenters. The van der Waals surface area contributed by atoms with Crippen molar-refractivity contribution in [2.75, 3.05) is 13.1 Å². The number of hydrogen-bond acceptors (Lipinski definition) is 4. The van der Waals surface area contributed by atoms with Crippen molar-refractivity contribution in [3.63, 3.8) is 0 Å².